The van der Waals surface area contributed by atoms with Crippen LogP contribution >= 0.6 is 0 Å². The van der Waals surface area contributed by atoms with Crippen molar-refractivity contribution in [3.05, 3.63) is 133 Å². The quantitative estimate of drug-likeness (QED) is 0.242. The first-order valence-corrected chi connectivity index (χ1v) is 12.8. The third kappa shape index (κ3) is 3.04. The summed E-state index contributed by atoms with van der Waals surface area (Å²) in [6.07, 6.45) is 0. The summed E-state index contributed by atoms with van der Waals surface area (Å²) in [7, 11) is 0. The van der Waals surface area contributed by atoms with Gasteiger partial charge < -0.3 is 4.98 Å². The van der Waals surface area contributed by atoms with E-state index in [-0.39, 0.29) is 0 Å². The second kappa shape index (κ2) is 7.81. The standard InChI is InChI=1S/C36H23N/c1-4-14-28-23(9-1)19-20-33-35(28)32-18-8-17-31(36(32)37-33)26-12-7-13-27(22-26)34-29-15-5-2-10-24(29)21-25-11-3-6-16-30(25)34/h1-22,37H. The van der Waals surface area contributed by atoms with E-state index in [0.717, 1.165) is 0 Å². The molecule has 1 aromatic heterocycles. The van der Waals surface area contributed by atoms with Gasteiger partial charge in [0, 0.05) is 21.9 Å². The van der Waals surface area contributed by atoms with Gasteiger partial charge in [0.15, 0.2) is 0 Å². The smallest absolute Gasteiger partial charge is 0.0544 e. The molecule has 1 heteroatoms. The highest BCUT2D eigenvalue weighted by atomic mass is 14.7. The number of fused-ring (bicyclic) bond motifs is 7. The minimum absolute atomic E-state index is 1.18. The molecular formula is C36H23N. The first-order valence-electron chi connectivity index (χ1n) is 12.8. The number of hydrogen-bond acceptors (Lipinski definition) is 0. The average Bonchev–Trinajstić information content (AvgIpc) is 3.35. The van der Waals surface area contributed by atoms with Gasteiger partial charge in [-0.2, -0.15) is 0 Å². The molecule has 0 saturated heterocycles. The van der Waals surface area contributed by atoms with Crippen molar-refractivity contribution in [3.8, 4) is 22.3 Å². The minimum Gasteiger partial charge on any atom is -0.354 e. The maximum atomic E-state index is 3.76. The fraction of sp³-hybridized carbons (Fsp3) is 0. The lowest BCUT2D eigenvalue weighted by Crippen LogP contribution is -1.87. The summed E-state index contributed by atoms with van der Waals surface area (Å²) in [6, 6.07) is 48.5. The Morgan fingerprint density at radius 3 is 1.81 bits per heavy atom. The zero-order valence-corrected chi connectivity index (χ0v) is 20.2. The Morgan fingerprint density at radius 1 is 0.405 bits per heavy atom. The molecule has 1 heterocycles. The molecule has 0 aliphatic heterocycles. The number of nitrogens with one attached hydrogen (secondary N) is 1. The molecule has 0 spiro atoms. The Bertz CT molecular complexity index is 2090. The van der Waals surface area contributed by atoms with Crippen LogP contribution in [0.1, 0.15) is 0 Å². The summed E-state index contributed by atoms with van der Waals surface area (Å²) in [5.74, 6) is 0. The van der Waals surface area contributed by atoms with E-state index in [1.165, 1.54) is 76.4 Å². The number of H-pyrrole nitrogens is 1. The topological polar surface area (TPSA) is 15.8 Å². The zero-order chi connectivity index (χ0) is 24.3. The van der Waals surface area contributed by atoms with Gasteiger partial charge in [-0.15, -0.1) is 0 Å². The van der Waals surface area contributed by atoms with Gasteiger partial charge >= 0.3 is 0 Å². The molecule has 0 saturated carbocycles. The van der Waals surface area contributed by atoms with Gasteiger partial charge in [-0.3, -0.25) is 0 Å². The van der Waals surface area contributed by atoms with E-state index in [9.17, 15) is 0 Å². The third-order valence-electron chi connectivity index (χ3n) is 7.76. The fourth-order valence-corrected chi connectivity index (χ4v) is 6.10. The Hall–Kier alpha value is -4.88. The summed E-state index contributed by atoms with van der Waals surface area (Å²) in [5.41, 5.74) is 7.35. The molecule has 1 nitrogen and oxygen atoms in total. The minimum atomic E-state index is 1.18. The number of hydrogen-bond donors (Lipinski definition) is 1. The molecule has 0 atom stereocenters. The Balaban J connectivity index is 1.40. The molecule has 0 bridgehead atoms. The molecule has 8 aromatic rings. The van der Waals surface area contributed by atoms with Crippen LogP contribution in [0.5, 0.6) is 0 Å². The molecule has 172 valence electrons. The number of para-hydroxylation sites is 1. The maximum Gasteiger partial charge on any atom is 0.0544 e. The first kappa shape index (κ1) is 20.3. The molecule has 7 aromatic carbocycles. The summed E-state index contributed by atoms with van der Waals surface area (Å²) >= 11 is 0. The van der Waals surface area contributed by atoms with Gasteiger partial charge in [0.1, 0.15) is 0 Å². The molecule has 0 amide bonds. The predicted octanol–water partition coefficient (Wildman–Crippen LogP) is 10.1. The van der Waals surface area contributed by atoms with Crippen LogP contribution in [0.4, 0.5) is 0 Å². The van der Waals surface area contributed by atoms with Crippen LogP contribution in [0, 0.1) is 0 Å². The number of rotatable bonds is 2. The van der Waals surface area contributed by atoms with Gasteiger partial charge in [0.2, 0.25) is 0 Å². The van der Waals surface area contributed by atoms with Crippen molar-refractivity contribution >= 4 is 54.1 Å². The van der Waals surface area contributed by atoms with Crippen molar-refractivity contribution in [2.75, 3.05) is 0 Å². The van der Waals surface area contributed by atoms with Gasteiger partial charge in [-0.1, -0.05) is 115 Å². The van der Waals surface area contributed by atoms with Crippen LogP contribution in [0.25, 0.3) is 76.4 Å². The van der Waals surface area contributed by atoms with E-state index in [1.807, 2.05) is 0 Å². The third-order valence-corrected chi connectivity index (χ3v) is 7.76. The van der Waals surface area contributed by atoms with Gasteiger partial charge in [0.05, 0.1) is 5.52 Å². The first-order chi connectivity index (χ1) is 18.3. The number of aromatic amines is 1. The van der Waals surface area contributed by atoms with Crippen molar-refractivity contribution in [1.29, 1.82) is 0 Å². The summed E-state index contributed by atoms with van der Waals surface area (Å²) in [4.78, 5) is 3.76. The zero-order valence-electron chi connectivity index (χ0n) is 20.2. The molecular weight excluding hydrogens is 446 g/mol. The maximum absolute atomic E-state index is 3.76. The average molecular weight is 470 g/mol. The Morgan fingerprint density at radius 2 is 1.03 bits per heavy atom. The van der Waals surface area contributed by atoms with E-state index in [2.05, 4.69) is 138 Å². The van der Waals surface area contributed by atoms with Crippen LogP contribution in [-0.2, 0) is 0 Å². The number of aromatic nitrogens is 1. The molecule has 0 aliphatic carbocycles. The molecule has 0 aliphatic rings. The SMILES string of the molecule is c1cc(-c2c3ccccc3cc3ccccc23)cc(-c2cccc3c2[nH]c2ccc4ccccc4c23)c1. The second-order valence-electron chi connectivity index (χ2n) is 9.84. The largest absolute Gasteiger partial charge is 0.354 e. The van der Waals surface area contributed by atoms with E-state index in [0.29, 0.717) is 0 Å². The fourth-order valence-electron chi connectivity index (χ4n) is 6.10. The van der Waals surface area contributed by atoms with Gasteiger partial charge in [0.25, 0.3) is 0 Å². The second-order valence-corrected chi connectivity index (χ2v) is 9.84. The van der Waals surface area contributed by atoms with Crippen LogP contribution in [0.15, 0.2) is 133 Å². The molecule has 37 heavy (non-hydrogen) atoms. The highest BCUT2D eigenvalue weighted by molar-refractivity contribution is 6.22. The van der Waals surface area contributed by atoms with E-state index >= 15 is 0 Å². The van der Waals surface area contributed by atoms with Crippen LogP contribution < -0.4 is 0 Å². The van der Waals surface area contributed by atoms with E-state index in [4.69, 9.17) is 0 Å². The van der Waals surface area contributed by atoms with Gasteiger partial charge in [-0.05, 0) is 67.2 Å². The lowest BCUT2D eigenvalue weighted by Gasteiger charge is -2.13. The molecule has 1 N–H and O–H groups in total. The Kier molecular flexibility index (Phi) is 4.29. The van der Waals surface area contributed by atoms with E-state index in [1.54, 1.807) is 0 Å². The molecule has 0 radical (unpaired) electrons. The molecule has 8 rings (SSSR count). The Labute approximate surface area is 214 Å². The van der Waals surface area contributed by atoms with Gasteiger partial charge in [-0.25, -0.2) is 0 Å². The summed E-state index contributed by atoms with van der Waals surface area (Å²) in [5, 5.41) is 10.2. The lowest BCUT2D eigenvalue weighted by atomic mass is 9.90. The number of benzene rings is 7. The summed E-state index contributed by atoms with van der Waals surface area (Å²) < 4.78 is 0. The normalized spacial score (nSPS) is 11.8. The monoisotopic (exact) mass is 469 g/mol. The molecule has 0 fully saturated rings. The van der Waals surface area contributed by atoms with E-state index < -0.39 is 0 Å². The van der Waals surface area contributed by atoms with Crippen molar-refractivity contribution in [2.45, 2.75) is 0 Å². The van der Waals surface area contributed by atoms with Crippen molar-refractivity contribution in [1.82, 2.24) is 4.98 Å². The van der Waals surface area contributed by atoms with Crippen molar-refractivity contribution < 1.29 is 0 Å². The highest BCUT2D eigenvalue weighted by Gasteiger charge is 2.14. The van der Waals surface area contributed by atoms with Crippen LogP contribution in [-0.4, -0.2) is 4.98 Å². The highest BCUT2D eigenvalue weighted by Crippen LogP contribution is 2.40. The van der Waals surface area contributed by atoms with Crippen molar-refractivity contribution in [3.63, 3.8) is 0 Å². The predicted molar refractivity (Wildman–Crippen MR) is 159 cm³/mol. The molecule has 0 unspecified atom stereocenters. The van der Waals surface area contributed by atoms with Crippen LogP contribution in [0.2, 0.25) is 0 Å². The lowest BCUT2D eigenvalue weighted by molar-refractivity contribution is 1.54. The van der Waals surface area contributed by atoms with Crippen LogP contribution in [0.3, 0.4) is 0 Å². The van der Waals surface area contributed by atoms with Crippen molar-refractivity contribution in [2.24, 2.45) is 0 Å². The summed E-state index contributed by atoms with van der Waals surface area (Å²) in [6.45, 7) is 0.